The normalized spacial score (nSPS) is 62.2. The minimum Gasteiger partial charge on any atom is -0.393 e. The molecule has 3 saturated heterocycles. The lowest BCUT2D eigenvalue weighted by Crippen LogP contribution is -2.63. The lowest BCUT2D eigenvalue weighted by Gasteiger charge is -2.64. The van der Waals surface area contributed by atoms with Gasteiger partial charge in [-0.15, -0.1) is 0 Å². The summed E-state index contributed by atoms with van der Waals surface area (Å²) < 4.78 is 25.9. The van der Waals surface area contributed by atoms with E-state index in [4.69, 9.17) is 18.9 Å². The van der Waals surface area contributed by atoms with Crippen LogP contribution in [0.25, 0.3) is 0 Å². The maximum Gasteiger partial charge on any atom is 0.186 e. The van der Waals surface area contributed by atoms with Crippen molar-refractivity contribution >= 4 is 0 Å². The quantitative estimate of drug-likeness (QED) is 0.301. The van der Waals surface area contributed by atoms with Crippen LogP contribution < -0.4 is 0 Å². The van der Waals surface area contributed by atoms with Gasteiger partial charge < -0.3 is 44.5 Å². The van der Waals surface area contributed by atoms with Gasteiger partial charge in [-0.05, 0) is 104 Å². The number of hydrogen-bond acceptors (Lipinski definition) is 9. The molecule has 5 N–H and O–H groups in total. The Bertz CT molecular complexity index is 1200. The minimum absolute atomic E-state index is 0.0465. The number of ether oxygens (including phenoxy) is 4. The van der Waals surface area contributed by atoms with E-state index >= 15 is 0 Å². The summed E-state index contributed by atoms with van der Waals surface area (Å²) >= 11 is 0. The molecule has 0 aromatic heterocycles. The number of hydrogen-bond donors (Lipinski definition) is 5. The van der Waals surface area contributed by atoms with Crippen molar-refractivity contribution in [3.05, 3.63) is 0 Å². The van der Waals surface area contributed by atoms with Crippen molar-refractivity contribution in [1.82, 2.24) is 0 Å². The van der Waals surface area contributed by atoms with Gasteiger partial charge in [-0.1, -0.05) is 34.6 Å². The molecule has 2 bridgehead atoms. The smallest absolute Gasteiger partial charge is 0.186 e. The van der Waals surface area contributed by atoms with E-state index < -0.39 is 42.1 Å². The molecule has 17 atom stereocenters. The predicted octanol–water partition coefficient (Wildman–Crippen LogP) is 3.12. The van der Waals surface area contributed by atoms with Gasteiger partial charge in [-0.2, -0.15) is 0 Å². The van der Waals surface area contributed by atoms with Gasteiger partial charge in [-0.25, -0.2) is 0 Å². The molecule has 5 aliphatic carbocycles. The summed E-state index contributed by atoms with van der Waals surface area (Å²) in [5.74, 6) is 0.319. The van der Waals surface area contributed by atoms with E-state index in [1.54, 1.807) is 0 Å². The number of aliphatic hydroxyl groups is 5. The first-order valence-corrected chi connectivity index (χ1v) is 17.4. The van der Waals surface area contributed by atoms with Crippen LogP contribution in [0.2, 0.25) is 0 Å². The summed E-state index contributed by atoms with van der Waals surface area (Å²) in [6.45, 7) is 15.4. The van der Waals surface area contributed by atoms with Gasteiger partial charge in [0.05, 0.1) is 30.5 Å². The zero-order valence-corrected chi connectivity index (χ0v) is 27.7. The van der Waals surface area contributed by atoms with Crippen LogP contribution in [0.5, 0.6) is 0 Å². The van der Waals surface area contributed by atoms with Crippen molar-refractivity contribution in [2.45, 2.75) is 160 Å². The number of aliphatic hydroxyl groups excluding tert-OH is 4. The molecular formula is C35H56O9. The molecule has 3 aliphatic heterocycles. The van der Waals surface area contributed by atoms with Crippen molar-refractivity contribution in [3.8, 4) is 0 Å². The lowest BCUT2D eigenvalue weighted by molar-refractivity contribution is -0.304. The zero-order chi connectivity index (χ0) is 31.6. The van der Waals surface area contributed by atoms with Crippen molar-refractivity contribution in [2.24, 2.45) is 50.7 Å². The van der Waals surface area contributed by atoms with Crippen molar-refractivity contribution in [2.75, 3.05) is 6.61 Å². The Kier molecular flexibility index (Phi) is 6.33. The Labute approximate surface area is 262 Å². The van der Waals surface area contributed by atoms with E-state index in [-0.39, 0.29) is 69.7 Å². The first kappa shape index (κ1) is 30.9. The Morgan fingerprint density at radius 2 is 1.52 bits per heavy atom. The summed E-state index contributed by atoms with van der Waals surface area (Å²) in [7, 11) is 0. The maximum atomic E-state index is 12.4. The standard InChI is InChI=1S/C35H56O9/c1-17-12-20-27(30(4,5)40)44-35(43-20)15-32(7)26-18(36)13-21-29(2,3)22(42-28-24(39)23(38)19(37)14-41-28)8-9-33(21)16-34(26,33)11-10-31(32,6)25(17)35/h17-28,36-40H,8-16H2,1-7H3/t17-,18+,19+,20-,21+,22+,23-,24+,25-,26?,27+,28-,31-,32+,33-,34+,35-/m1/s1. The van der Waals surface area contributed by atoms with Crippen LogP contribution in [0, 0.1) is 50.7 Å². The monoisotopic (exact) mass is 620 g/mol. The lowest BCUT2D eigenvalue weighted by atomic mass is 9.41. The maximum absolute atomic E-state index is 12.4. The third-order valence-corrected chi connectivity index (χ3v) is 15.7. The highest BCUT2D eigenvalue weighted by Gasteiger charge is 2.87. The highest BCUT2D eigenvalue weighted by atomic mass is 16.8. The molecule has 250 valence electrons. The van der Waals surface area contributed by atoms with Crippen LogP contribution in [-0.4, -0.2) is 92.5 Å². The fourth-order valence-electron chi connectivity index (χ4n) is 14.0. The molecule has 5 saturated carbocycles. The van der Waals surface area contributed by atoms with Crippen LogP contribution in [0.3, 0.4) is 0 Å². The van der Waals surface area contributed by atoms with Gasteiger partial charge in [0.25, 0.3) is 0 Å². The first-order chi connectivity index (χ1) is 20.4. The van der Waals surface area contributed by atoms with Gasteiger partial charge >= 0.3 is 0 Å². The molecular weight excluding hydrogens is 564 g/mol. The molecule has 9 heteroatoms. The van der Waals surface area contributed by atoms with Gasteiger partial charge in [0.2, 0.25) is 0 Å². The largest absolute Gasteiger partial charge is 0.393 e. The molecule has 9 nitrogen and oxygen atoms in total. The Morgan fingerprint density at radius 1 is 0.795 bits per heavy atom. The topological polar surface area (TPSA) is 138 Å². The van der Waals surface area contributed by atoms with Crippen LogP contribution in [0.15, 0.2) is 0 Å². The Hall–Kier alpha value is -0.360. The summed E-state index contributed by atoms with van der Waals surface area (Å²) in [4.78, 5) is 0. The summed E-state index contributed by atoms with van der Waals surface area (Å²) in [5, 5.41) is 54.2. The fourth-order valence-corrected chi connectivity index (χ4v) is 14.0. The minimum atomic E-state index is -1.31. The van der Waals surface area contributed by atoms with Crippen molar-refractivity contribution in [3.63, 3.8) is 0 Å². The van der Waals surface area contributed by atoms with Gasteiger partial charge in [0.15, 0.2) is 12.1 Å². The summed E-state index contributed by atoms with van der Waals surface area (Å²) in [5.41, 5.74) is -1.28. The molecule has 1 unspecified atom stereocenters. The molecule has 0 aromatic rings. The number of fused-ring (bicyclic) bond motifs is 4. The van der Waals surface area contributed by atoms with E-state index in [9.17, 15) is 25.5 Å². The molecule has 0 amide bonds. The molecule has 8 aliphatic rings. The van der Waals surface area contributed by atoms with Gasteiger partial charge in [-0.3, -0.25) is 0 Å². The third kappa shape index (κ3) is 3.53. The van der Waals surface area contributed by atoms with Crippen LogP contribution in [0.1, 0.15) is 99.8 Å². The van der Waals surface area contributed by atoms with Crippen LogP contribution in [-0.2, 0) is 18.9 Å². The van der Waals surface area contributed by atoms with Crippen LogP contribution >= 0.6 is 0 Å². The van der Waals surface area contributed by atoms with Gasteiger partial charge in [0.1, 0.15) is 24.4 Å². The summed E-state index contributed by atoms with van der Waals surface area (Å²) in [6.07, 6.45) is 1.70. The van der Waals surface area contributed by atoms with Crippen LogP contribution in [0.4, 0.5) is 0 Å². The predicted molar refractivity (Wildman–Crippen MR) is 159 cm³/mol. The van der Waals surface area contributed by atoms with E-state index in [0.29, 0.717) is 12.3 Å². The Morgan fingerprint density at radius 3 is 2.23 bits per heavy atom. The fraction of sp³-hybridized carbons (Fsp3) is 1.00. The average molecular weight is 621 g/mol. The van der Waals surface area contributed by atoms with Crippen molar-refractivity contribution < 1.29 is 44.5 Å². The first-order valence-electron chi connectivity index (χ1n) is 17.4. The molecule has 0 radical (unpaired) electrons. The second-order valence-electron chi connectivity index (χ2n) is 18.4. The molecule has 44 heavy (non-hydrogen) atoms. The zero-order valence-electron chi connectivity index (χ0n) is 27.7. The summed E-state index contributed by atoms with van der Waals surface area (Å²) in [6, 6.07) is 0. The van der Waals surface area contributed by atoms with E-state index in [0.717, 1.165) is 44.9 Å². The molecule has 3 heterocycles. The second-order valence-corrected chi connectivity index (χ2v) is 18.4. The molecule has 3 spiro atoms. The highest BCUT2D eigenvalue weighted by Crippen LogP contribution is 2.90. The second kappa shape index (κ2) is 9.00. The highest BCUT2D eigenvalue weighted by molar-refractivity contribution is 5.34. The van der Waals surface area contributed by atoms with E-state index in [1.165, 1.54) is 0 Å². The van der Waals surface area contributed by atoms with E-state index in [1.807, 2.05) is 13.8 Å². The third-order valence-electron chi connectivity index (χ3n) is 15.7. The SMILES string of the molecule is C[C@@H]1C[C@H]2O[C@]3(C[C@@]4(C)C5[C@@H](O)C[C@H]6C(C)(C)[C@@H](O[C@H]7OC[C@H](O)[C@@H](O)[C@@H]7O)CC[C@@]67C[C@@]57CC[C@]4(C)[C@@H]13)O[C@@H]2C(C)(C)O. The number of rotatable bonds is 3. The molecule has 0 aromatic carbocycles. The molecule has 8 fully saturated rings. The Balaban J connectivity index is 1.10. The molecule has 8 rings (SSSR count). The van der Waals surface area contributed by atoms with Gasteiger partial charge in [0, 0.05) is 12.3 Å². The average Bonchev–Trinajstić information content (AvgIpc) is 3.38. The van der Waals surface area contributed by atoms with Crippen molar-refractivity contribution in [1.29, 1.82) is 0 Å². The van der Waals surface area contributed by atoms with E-state index in [2.05, 4.69) is 34.6 Å².